The second kappa shape index (κ2) is 8.74. The Kier molecular flexibility index (Phi) is 7.67. The van der Waals surface area contributed by atoms with E-state index in [2.05, 4.69) is 37.9 Å². The summed E-state index contributed by atoms with van der Waals surface area (Å²) in [7, 11) is 0. The molecule has 124 valence electrons. The number of esters is 1. The topological polar surface area (TPSA) is 41.6 Å². The van der Waals surface area contributed by atoms with Crippen LogP contribution in [-0.4, -0.2) is 48.2 Å². The van der Waals surface area contributed by atoms with Gasteiger partial charge in [-0.3, -0.25) is 10.1 Å². The van der Waals surface area contributed by atoms with Gasteiger partial charge >= 0.3 is 5.97 Å². The molecular formula is C17H34N2O2. The summed E-state index contributed by atoms with van der Waals surface area (Å²) in [6.45, 7) is 13.2. The van der Waals surface area contributed by atoms with Crippen molar-refractivity contribution in [2.45, 2.75) is 84.3 Å². The number of carbonyl (C=O) groups excluding carboxylic acids is 1. The minimum atomic E-state index is -0.478. The molecule has 1 aliphatic carbocycles. The SMILES string of the molecule is CCCCN(CC)C1CCC(NC(C)C)(C(=O)OCC)C1. The molecule has 4 heteroatoms. The molecule has 1 saturated carbocycles. The average Bonchev–Trinajstić information content (AvgIpc) is 2.84. The summed E-state index contributed by atoms with van der Waals surface area (Å²) in [4.78, 5) is 15.0. The Morgan fingerprint density at radius 1 is 1.38 bits per heavy atom. The molecule has 0 aromatic heterocycles. The largest absolute Gasteiger partial charge is 0.465 e. The number of carbonyl (C=O) groups is 1. The van der Waals surface area contributed by atoms with E-state index in [1.807, 2.05) is 6.92 Å². The first-order valence-corrected chi connectivity index (χ1v) is 8.68. The smallest absolute Gasteiger partial charge is 0.326 e. The van der Waals surface area contributed by atoms with Gasteiger partial charge in [0.1, 0.15) is 5.54 Å². The van der Waals surface area contributed by atoms with Crippen LogP contribution in [0.15, 0.2) is 0 Å². The zero-order chi connectivity index (χ0) is 15.9. The lowest BCUT2D eigenvalue weighted by Gasteiger charge is -2.33. The Bertz CT molecular complexity index is 320. The standard InChI is InChI=1S/C17H34N2O2/c1-6-9-12-19(7-2)15-10-11-17(13-15,18-14(4)5)16(20)21-8-3/h14-15,18H,6-13H2,1-5H3. The van der Waals surface area contributed by atoms with Crippen LogP contribution in [0.3, 0.4) is 0 Å². The lowest BCUT2D eigenvalue weighted by atomic mass is 9.96. The van der Waals surface area contributed by atoms with Gasteiger partial charge in [-0.25, -0.2) is 0 Å². The van der Waals surface area contributed by atoms with E-state index in [9.17, 15) is 4.79 Å². The lowest BCUT2D eigenvalue weighted by Crippen LogP contribution is -2.54. The molecule has 0 saturated heterocycles. The Hall–Kier alpha value is -0.610. The van der Waals surface area contributed by atoms with Gasteiger partial charge in [0.2, 0.25) is 0 Å². The van der Waals surface area contributed by atoms with Gasteiger partial charge in [-0.1, -0.05) is 20.3 Å². The van der Waals surface area contributed by atoms with Crippen LogP contribution in [0.25, 0.3) is 0 Å². The van der Waals surface area contributed by atoms with E-state index in [-0.39, 0.29) is 5.97 Å². The third-order valence-electron chi connectivity index (χ3n) is 4.44. The predicted octanol–water partition coefficient (Wildman–Crippen LogP) is 2.96. The van der Waals surface area contributed by atoms with Gasteiger partial charge in [0.25, 0.3) is 0 Å². The van der Waals surface area contributed by atoms with Crippen LogP contribution in [0.4, 0.5) is 0 Å². The number of hydrogen-bond donors (Lipinski definition) is 1. The number of rotatable bonds is 9. The Morgan fingerprint density at radius 3 is 2.62 bits per heavy atom. The quantitative estimate of drug-likeness (QED) is 0.665. The van der Waals surface area contributed by atoms with E-state index in [1.54, 1.807) is 0 Å². The van der Waals surface area contributed by atoms with E-state index in [0.29, 0.717) is 18.7 Å². The van der Waals surface area contributed by atoms with Gasteiger partial charge in [0.05, 0.1) is 6.61 Å². The molecule has 2 atom stereocenters. The molecule has 0 aromatic rings. The highest BCUT2D eigenvalue weighted by Crippen LogP contribution is 2.35. The van der Waals surface area contributed by atoms with E-state index in [0.717, 1.165) is 32.4 Å². The van der Waals surface area contributed by atoms with Crippen molar-refractivity contribution in [1.29, 1.82) is 0 Å². The van der Waals surface area contributed by atoms with Crippen LogP contribution in [-0.2, 0) is 9.53 Å². The van der Waals surface area contributed by atoms with Crippen molar-refractivity contribution >= 4 is 5.97 Å². The normalized spacial score (nSPS) is 25.8. The van der Waals surface area contributed by atoms with Crippen LogP contribution in [0.5, 0.6) is 0 Å². The first-order chi connectivity index (χ1) is 9.99. The first-order valence-electron chi connectivity index (χ1n) is 8.68. The number of hydrogen-bond acceptors (Lipinski definition) is 4. The molecule has 1 rings (SSSR count). The summed E-state index contributed by atoms with van der Waals surface area (Å²) in [6.07, 6.45) is 5.29. The fourth-order valence-corrected chi connectivity index (χ4v) is 3.49. The zero-order valence-corrected chi connectivity index (χ0v) is 14.6. The Morgan fingerprint density at radius 2 is 2.10 bits per heavy atom. The molecule has 0 amide bonds. The van der Waals surface area contributed by atoms with Crippen LogP contribution < -0.4 is 5.32 Å². The zero-order valence-electron chi connectivity index (χ0n) is 14.6. The minimum Gasteiger partial charge on any atom is -0.465 e. The monoisotopic (exact) mass is 298 g/mol. The van der Waals surface area contributed by atoms with Crippen molar-refractivity contribution in [2.24, 2.45) is 0 Å². The second-order valence-corrected chi connectivity index (χ2v) is 6.48. The van der Waals surface area contributed by atoms with Crippen molar-refractivity contribution in [3.63, 3.8) is 0 Å². The van der Waals surface area contributed by atoms with Crippen molar-refractivity contribution in [2.75, 3.05) is 19.7 Å². The van der Waals surface area contributed by atoms with Gasteiger partial charge in [-0.05, 0) is 59.5 Å². The maximum Gasteiger partial charge on any atom is 0.326 e. The minimum absolute atomic E-state index is 0.0623. The summed E-state index contributed by atoms with van der Waals surface area (Å²) >= 11 is 0. The summed E-state index contributed by atoms with van der Waals surface area (Å²) in [5.41, 5.74) is -0.478. The van der Waals surface area contributed by atoms with Gasteiger partial charge in [-0.2, -0.15) is 0 Å². The average molecular weight is 298 g/mol. The molecule has 21 heavy (non-hydrogen) atoms. The fraction of sp³-hybridized carbons (Fsp3) is 0.941. The van der Waals surface area contributed by atoms with E-state index < -0.39 is 5.54 Å². The lowest BCUT2D eigenvalue weighted by molar-refractivity contribution is -0.151. The van der Waals surface area contributed by atoms with Crippen LogP contribution in [0.2, 0.25) is 0 Å². The van der Waals surface area contributed by atoms with Gasteiger partial charge in [0.15, 0.2) is 0 Å². The van der Waals surface area contributed by atoms with E-state index >= 15 is 0 Å². The molecule has 1 fully saturated rings. The summed E-state index contributed by atoms with van der Waals surface area (Å²) in [5.74, 6) is -0.0623. The molecule has 0 heterocycles. The predicted molar refractivity (Wildman–Crippen MR) is 87.4 cm³/mol. The van der Waals surface area contributed by atoms with E-state index in [4.69, 9.17) is 4.74 Å². The maximum absolute atomic E-state index is 12.5. The summed E-state index contributed by atoms with van der Waals surface area (Å²) < 4.78 is 5.35. The van der Waals surface area contributed by atoms with Crippen molar-refractivity contribution < 1.29 is 9.53 Å². The molecule has 0 bridgehead atoms. The number of ether oxygens (including phenoxy) is 1. The molecule has 1 N–H and O–H groups in total. The molecule has 0 aliphatic heterocycles. The highest BCUT2D eigenvalue weighted by Gasteiger charge is 2.47. The second-order valence-electron chi connectivity index (χ2n) is 6.48. The molecule has 2 unspecified atom stereocenters. The van der Waals surface area contributed by atoms with Gasteiger partial charge in [-0.15, -0.1) is 0 Å². The third-order valence-corrected chi connectivity index (χ3v) is 4.44. The summed E-state index contributed by atoms with van der Waals surface area (Å²) in [5, 5.41) is 3.50. The van der Waals surface area contributed by atoms with Gasteiger partial charge in [0, 0.05) is 12.1 Å². The van der Waals surface area contributed by atoms with Crippen LogP contribution in [0.1, 0.15) is 66.7 Å². The Labute approximate surface area is 130 Å². The van der Waals surface area contributed by atoms with Gasteiger partial charge < -0.3 is 9.64 Å². The number of unbranched alkanes of at least 4 members (excludes halogenated alkanes) is 1. The first kappa shape index (κ1) is 18.4. The summed E-state index contributed by atoms with van der Waals surface area (Å²) in [6, 6.07) is 0.788. The number of nitrogens with one attached hydrogen (secondary N) is 1. The molecule has 4 nitrogen and oxygen atoms in total. The fourth-order valence-electron chi connectivity index (χ4n) is 3.49. The molecule has 0 spiro atoms. The van der Waals surface area contributed by atoms with Crippen LogP contribution >= 0.6 is 0 Å². The molecule has 0 aromatic carbocycles. The Balaban J connectivity index is 2.76. The number of nitrogens with zero attached hydrogens (tertiary/aromatic N) is 1. The molecule has 1 aliphatic rings. The van der Waals surface area contributed by atoms with Crippen molar-refractivity contribution in [3.05, 3.63) is 0 Å². The molecule has 0 radical (unpaired) electrons. The highest BCUT2D eigenvalue weighted by molar-refractivity contribution is 5.81. The van der Waals surface area contributed by atoms with Crippen molar-refractivity contribution in [1.82, 2.24) is 10.2 Å². The highest BCUT2D eigenvalue weighted by atomic mass is 16.5. The molecular weight excluding hydrogens is 264 g/mol. The maximum atomic E-state index is 12.5. The van der Waals surface area contributed by atoms with Crippen LogP contribution in [0, 0.1) is 0 Å². The third kappa shape index (κ3) is 4.96. The van der Waals surface area contributed by atoms with E-state index in [1.165, 1.54) is 12.8 Å². The van der Waals surface area contributed by atoms with Crippen molar-refractivity contribution in [3.8, 4) is 0 Å².